The van der Waals surface area contributed by atoms with E-state index < -0.39 is 11.6 Å². The number of methoxy groups -OCH3 is 2. The lowest BCUT2D eigenvalue weighted by atomic mass is 10.0. The van der Waals surface area contributed by atoms with Crippen LogP contribution in [0, 0.1) is 11.6 Å². The highest BCUT2D eigenvalue weighted by Crippen LogP contribution is 2.27. The largest absolute Gasteiger partial charge is 0.499 e. The summed E-state index contributed by atoms with van der Waals surface area (Å²) in [6.07, 6.45) is 5.00. The second-order valence-corrected chi connectivity index (χ2v) is 7.44. The van der Waals surface area contributed by atoms with E-state index in [-0.39, 0.29) is 11.4 Å². The summed E-state index contributed by atoms with van der Waals surface area (Å²) in [4.78, 5) is 8.62. The lowest BCUT2D eigenvalue weighted by molar-refractivity contribution is 0.266. The molecule has 0 radical (unpaired) electrons. The molecule has 0 bridgehead atoms. The van der Waals surface area contributed by atoms with Crippen molar-refractivity contribution < 1.29 is 18.3 Å². The number of ether oxygens (including phenoxy) is 2. The average molecular weight is 460 g/mol. The summed E-state index contributed by atoms with van der Waals surface area (Å²) in [6, 6.07) is 11.6. The molecule has 0 N–H and O–H groups in total. The molecular formula is C26H22F2N4O2. The van der Waals surface area contributed by atoms with Crippen LogP contribution in [0.25, 0.3) is 34.1 Å². The maximum Gasteiger partial charge on any atom is 0.169 e. The van der Waals surface area contributed by atoms with Crippen LogP contribution in [0.1, 0.15) is 11.1 Å². The van der Waals surface area contributed by atoms with Gasteiger partial charge in [-0.25, -0.2) is 18.7 Å². The molecule has 2 aliphatic rings. The van der Waals surface area contributed by atoms with Gasteiger partial charge >= 0.3 is 0 Å². The summed E-state index contributed by atoms with van der Waals surface area (Å²) >= 11 is 0. The third kappa shape index (κ3) is 4.71. The SMILES string of the molecule is C=C(/C=C(/Cn1cc2nc(-c3cccc(F)c3F)nc-2cn1)OC)c1cccc(C(=C)OC)c1. The second-order valence-electron chi connectivity index (χ2n) is 7.44. The minimum absolute atomic E-state index is 0.00471. The van der Waals surface area contributed by atoms with Crippen molar-refractivity contribution in [1.29, 1.82) is 0 Å². The summed E-state index contributed by atoms with van der Waals surface area (Å²) in [5.74, 6) is -0.674. The fraction of sp³-hybridized carbons (Fsp3) is 0.115. The molecular weight excluding hydrogens is 438 g/mol. The summed E-state index contributed by atoms with van der Waals surface area (Å²) in [6.45, 7) is 8.31. The fourth-order valence-electron chi connectivity index (χ4n) is 3.36. The molecule has 0 atom stereocenters. The molecule has 2 heterocycles. The minimum Gasteiger partial charge on any atom is -0.499 e. The summed E-state index contributed by atoms with van der Waals surface area (Å²) in [5, 5.41) is 4.34. The number of nitrogens with zero attached hydrogens (tertiary/aromatic N) is 4. The highest BCUT2D eigenvalue weighted by atomic mass is 19.2. The monoisotopic (exact) mass is 460 g/mol. The standard InChI is InChI=1S/C26H22F2N4O2/c1-16(18-7-5-8-19(12-18)17(2)33-3)11-20(34-4)14-32-15-24-23(13-29-32)30-26(31-24)21-9-6-10-22(27)25(21)28/h5-13,15H,1-2,14H2,3-4H3/b20-11-. The lowest BCUT2D eigenvalue weighted by Crippen LogP contribution is -2.08. The van der Waals surface area contributed by atoms with E-state index in [4.69, 9.17) is 9.47 Å². The first-order valence-corrected chi connectivity index (χ1v) is 10.3. The van der Waals surface area contributed by atoms with E-state index in [9.17, 15) is 8.78 Å². The van der Waals surface area contributed by atoms with Crippen LogP contribution >= 0.6 is 0 Å². The van der Waals surface area contributed by atoms with Crippen LogP contribution in [-0.4, -0.2) is 34.0 Å². The van der Waals surface area contributed by atoms with E-state index in [1.165, 1.54) is 18.3 Å². The molecule has 0 saturated carbocycles. The third-order valence-corrected chi connectivity index (χ3v) is 5.22. The van der Waals surface area contributed by atoms with E-state index in [1.54, 1.807) is 25.1 Å². The van der Waals surface area contributed by atoms with Crippen molar-refractivity contribution in [1.82, 2.24) is 19.7 Å². The topological polar surface area (TPSA) is 62.1 Å². The van der Waals surface area contributed by atoms with Gasteiger partial charge in [0.25, 0.3) is 0 Å². The number of imidazole rings is 1. The Bertz CT molecular complexity index is 1380. The van der Waals surface area contributed by atoms with Gasteiger partial charge in [-0.15, -0.1) is 0 Å². The van der Waals surface area contributed by atoms with E-state index in [0.717, 1.165) is 22.8 Å². The van der Waals surface area contributed by atoms with E-state index in [2.05, 4.69) is 28.2 Å². The number of hydrogen-bond acceptors (Lipinski definition) is 5. The van der Waals surface area contributed by atoms with Gasteiger partial charge in [-0.2, -0.15) is 5.10 Å². The van der Waals surface area contributed by atoms with Gasteiger partial charge in [0.05, 0.1) is 38.7 Å². The molecule has 0 aliphatic carbocycles. The first kappa shape index (κ1) is 22.8. The van der Waals surface area contributed by atoms with Crippen LogP contribution in [0.15, 0.2) is 79.9 Å². The van der Waals surface area contributed by atoms with Crippen molar-refractivity contribution in [2.75, 3.05) is 14.2 Å². The predicted molar refractivity (Wildman–Crippen MR) is 126 cm³/mol. The second kappa shape index (κ2) is 9.66. The first-order valence-electron chi connectivity index (χ1n) is 10.3. The highest BCUT2D eigenvalue weighted by molar-refractivity contribution is 5.75. The van der Waals surface area contributed by atoms with Crippen LogP contribution in [0.4, 0.5) is 8.78 Å². The van der Waals surface area contributed by atoms with E-state index in [1.807, 2.05) is 30.3 Å². The molecule has 0 aromatic heterocycles. The van der Waals surface area contributed by atoms with E-state index >= 15 is 0 Å². The molecule has 0 amide bonds. The molecule has 172 valence electrons. The van der Waals surface area contributed by atoms with E-state index in [0.29, 0.717) is 29.5 Å². The molecule has 0 unspecified atom stereocenters. The molecule has 4 rings (SSSR count). The molecule has 8 heteroatoms. The van der Waals surface area contributed by atoms with Crippen molar-refractivity contribution in [3.8, 4) is 22.8 Å². The quantitative estimate of drug-likeness (QED) is 0.254. The molecule has 34 heavy (non-hydrogen) atoms. The van der Waals surface area contributed by atoms with Gasteiger partial charge in [0.15, 0.2) is 17.5 Å². The van der Waals surface area contributed by atoms with Gasteiger partial charge in [0, 0.05) is 5.56 Å². The molecule has 2 aromatic rings. The molecule has 0 fully saturated rings. The fourth-order valence-corrected chi connectivity index (χ4v) is 3.36. The van der Waals surface area contributed by atoms with Crippen molar-refractivity contribution >= 4 is 11.3 Å². The van der Waals surface area contributed by atoms with Crippen LogP contribution < -0.4 is 0 Å². The number of benzene rings is 2. The number of rotatable bonds is 8. The molecule has 6 nitrogen and oxygen atoms in total. The van der Waals surface area contributed by atoms with Crippen molar-refractivity contribution in [2.45, 2.75) is 6.54 Å². The lowest BCUT2D eigenvalue weighted by Gasteiger charge is -2.11. The van der Waals surface area contributed by atoms with Crippen LogP contribution in [0.3, 0.4) is 0 Å². The molecule has 0 spiro atoms. The molecule has 2 aromatic carbocycles. The Morgan fingerprint density at radius 1 is 1.00 bits per heavy atom. The Balaban J connectivity index is 1.58. The summed E-state index contributed by atoms with van der Waals surface area (Å²) in [5.41, 5.74) is 3.44. The van der Waals surface area contributed by atoms with Crippen molar-refractivity contribution in [3.05, 3.63) is 103 Å². The molecule has 0 saturated heterocycles. The van der Waals surface area contributed by atoms with Gasteiger partial charge < -0.3 is 9.47 Å². The number of hydrogen-bond donors (Lipinski definition) is 0. The normalized spacial score (nSPS) is 11.5. The molecule has 2 aliphatic heterocycles. The average Bonchev–Trinajstić information content (AvgIpc) is 3.27. The Morgan fingerprint density at radius 3 is 2.50 bits per heavy atom. The minimum atomic E-state index is -0.986. The first-order chi connectivity index (χ1) is 16.4. The maximum absolute atomic E-state index is 14.1. The zero-order valence-electron chi connectivity index (χ0n) is 18.8. The predicted octanol–water partition coefficient (Wildman–Crippen LogP) is 5.58. The summed E-state index contributed by atoms with van der Waals surface area (Å²) in [7, 11) is 3.14. The van der Waals surface area contributed by atoms with Crippen LogP contribution in [-0.2, 0) is 16.0 Å². The zero-order valence-corrected chi connectivity index (χ0v) is 18.8. The number of fused-ring (bicyclic) bond motifs is 1. The van der Waals surface area contributed by atoms with Gasteiger partial charge in [-0.05, 0) is 35.4 Å². The third-order valence-electron chi connectivity index (χ3n) is 5.22. The smallest absolute Gasteiger partial charge is 0.169 e. The number of halogens is 2. The van der Waals surface area contributed by atoms with Gasteiger partial charge in [-0.1, -0.05) is 37.4 Å². The van der Waals surface area contributed by atoms with Crippen molar-refractivity contribution in [3.63, 3.8) is 0 Å². The van der Waals surface area contributed by atoms with Crippen molar-refractivity contribution in [2.24, 2.45) is 0 Å². The Morgan fingerprint density at radius 2 is 1.74 bits per heavy atom. The van der Waals surface area contributed by atoms with Gasteiger partial charge in [-0.3, -0.25) is 4.68 Å². The maximum atomic E-state index is 14.1. The Hall–Kier alpha value is -4.33. The highest BCUT2D eigenvalue weighted by Gasteiger charge is 2.18. The van der Waals surface area contributed by atoms with Crippen LogP contribution in [0.5, 0.6) is 0 Å². The Labute approximate surface area is 195 Å². The number of allylic oxidation sites excluding steroid dienone is 3. The van der Waals surface area contributed by atoms with Gasteiger partial charge in [0.2, 0.25) is 0 Å². The zero-order chi connectivity index (χ0) is 24.2. The Kier molecular flexibility index (Phi) is 6.49. The van der Waals surface area contributed by atoms with Crippen LogP contribution in [0.2, 0.25) is 0 Å². The van der Waals surface area contributed by atoms with Gasteiger partial charge in [0.1, 0.15) is 22.9 Å². The number of aromatic nitrogens is 4. The summed E-state index contributed by atoms with van der Waals surface area (Å²) < 4.78 is 40.1.